The Morgan fingerprint density at radius 2 is 1.56 bits per heavy atom. The fraction of sp³-hybridized carbons (Fsp3) is 0.154. The zero-order chi connectivity index (χ0) is 23.0. The molecule has 1 heterocycles. The number of pyridine rings is 1. The van der Waals surface area contributed by atoms with Gasteiger partial charge in [0.15, 0.2) is 0 Å². The van der Waals surface area contributed by atoms with Gasteiger partial charge in [0.05, 0.1) is 28.0 Å². The molecule has 4 rings (SSSR count). The lowest BCUT2D eigenvalue weighted by molar-refractivity contribution is -0.136. The third-order valence-electron chi connectivity index (χ3n) is 5.32. The van der Waals surface area contributed by atoms with Crippen molar-refractivity contribution in [3.63, 3.8) is 0 Å². The smallest absolute Gasteiger partial charge is 0.321 e. The van der Waals surface area contributed by atoms with Crippen molar-refractivity contribution in [1.29, 1.82) is 0 Å². The molecule has 3 nitrogen and oxygen atoms in total. The number of hydrogen-bond acceptors (Lipinski definition) is 2. The molecule has 3 aromatic carbocycles. The second kappa shape index (κ2) is 8.11. The number of aromatic nitrogens is 1. The number of benzene rings is 3. The number of halogens is 3. The number of amides is 1. The number of hydrogen-bond donors (Lipinski definition) is 1. The molecular formula is C26H21F3N2O. The lowest BCUT2D eigenvalue weighted by Crippen LogP contribution is -2.17. The van der Waals surface area contributed by atoms with Gasteiger partial charge >= 0.3 is 6.18 Å². The lowest BCUT2D eigenvalue weighted by Gasteiger charge is -2.16. The van der Waals surface area contributed by atoms with E-state index in [4.69, 9.17) is 4.98 Å². The van der Waals surface area contributed by atoms with Gasteiger partial charge in [0, 0.05) is 10.9 Å². The SMILES string of the molecule is Cc1ccc(-c2cc(C(=O)Nc3ccccc3C(F)(F)F)c3cc(C)cc(C)c3n2)cc1. The quantitative estimate of drug-likeness (QED) is 0.374. The number of nitrogens with one attached hydrogen (secondary N) is 1. The second-order valence-electron chi connectivity index (χ2n) is 7.90. The number of rotatable bonds is 3. The molecule has 0 atom stereocenters. The van der Waals surface area contributed by atoms with Gasteiger partial charge in [-0.05, 0) is 50.6 Å². The van der Waals surface area contributed by atoms with Gasteiger partial charge in [-0.1, -0.05) is 53.6 Å². The molecular weight excluding hydrogens is 413 g/mol. The lowest BCUT2D eigenvalue weighted by atomic mass is 9.99. The molecule has 1 aromatic heterocycles. The molecule has 0 unspecified atom stereocenters. The first-order valence-corrected chi connectivity index (χ1v) is 10.1. The van der Waals surface area contributed by atoms with Gasteiger partial charge in [0.1, 0.15) is 0 Å². The number of anilines is 1. The highest BCUT2D eigenvalue weighted by molar-refractivity contribution is 6.13. The topological polar surface area (TPSA) is 42.0 Å². The van der Waals surface area contributed by atoms with Gasteiger partial charge in [-0.3, -0.25) is 4.79 Å². The van der Waals surface area contributed by atoms with Crippen LogP contribution in [-0.4, -0.2) is 10.9 Å². The maximum absolute atomic E-state index is 13.4. The van der Waals surface area contributed by atoms with Crippen LogP contribution in [0.25, 0.3) is 22.2 Å². The highest BCUT2D eigenvalue weighted by Crippen LogP contribution is 2.35. The Labute approximate surface area is 183 Å². The standard InChI is InChI=1S/C26H21F3N2O/c1-15-8-10-18(11-9-15)23-14-20(19-13-16(2)12-17(3)24(19)30-23)25(32)31-22-7-5-4-6-21(22)26(27,28)29/h4-14H,1-3H3,(H,31,32). The fourth-order valence-corrected chi connectivity index (χ4v) is 3.77. The van der Waals surface area contributed by atoms with Gasteiger partial charge in [-0.25, -0.2) is 4.98 Å². The summed E-state index contributed by atoms with van der Waals surface area (Å²) >= 11 is 0. The molecule has 0 spiro atoms. The summed E-state index contributed by atoms with van der Waals surface area (Å²) in [4.78, 5) is 18.0. The average Bonchev–Trinajstić information content (AvgIpc) is 2.73. The van der Waals surface area contributed by atoms with Crippen LogP contribution in [0.15, 0.2) is 66.7 Å². The normalized spacial score (nSPS) is 11.6. The first kappa shape index (κ1) is 21.6. The summed E-state index contributed by atoms with van der Waals surface area (Å²) in [7, 11) is 0. The number of fused-ring (bicyclic) bond motifs is 1. The molecule has 32 heavy (non-hydrogen) atoms. The first-order chi connectivity index (χ1) is 15.1. The summed E-state index contributed by atoms with van der Waals surface area (Å²) in [5.74, 6) is -0.618. The highest BCUT2D eigenvalue weighted by Gasteiger charge is 2.33. The molecule has 0 aliphatic carbocycles. The summed E-state index contributed by atoms with van der Waals surface area (Å²) < 4.78 is 40.3. The summed E-state index contributed by atoms with van der Waals surface area (Å²) in [5.41, 5.74) is 4.05. The van der Waals surface area contributed by atoms with E-state index in [2.05, 4.69) is 5.32 Å². The zero-order valence-electron chi connectivity index (χ0n) is 17.8. The zero-order valence-corrected chi connectivity index (χ0v) is 17.8. The van der Waals surface area contributed by atoms with Crippen molar-refractivity contribution in [2.45, 2.75) is 26.9 Å². The Morgan fingerprint density at radius 3 is 2.25 bits per heavy atom. The summed E-state index contributed by atoms with van der Waals surface area (Å²) in [6.45, 7) is 5.78. The minimum Gasteiger partial charge on any atom is -0.321 e. The predicted octanol–water partition coefficient (Wildman–Crippen LogP) is 7.10. The van der Waals surface area contributed by atoms with Crippen LogP contribution in [0.1, 0.15) is 32.6 Å². The number of aryl methyl sites for hydroxylation is 3. The number of para-hydroxylation sites is 1. The van der Waals surface area contributed by atoms with Crippen molar-refractivity contribution in [2.24, 2.45) is 0 Å². The van der Waals surface area contributed by atoms with Gasteiger partial charge in [0.25, 0.3) is 5.91 Å². The van der Waals surface area contributed by atoms with Gasteiger partial charge in [-0.15, -0.1) is 0 Å². The van der Waals surface area contributed by atoms with E-state index < -0.39 is 17.6 Å². The number of nitrogens with zero attached hydrogens (tertiary/aromatic N) is 1. The van der Waals surface area contributed by atoms with Gasteiger partial charge in [-0.2, -0.15) is 13.2 Å². The molecule has 0 aliphatic heterocycles. The predicted molar refractivity (Wildman–Crippen MR) is 121 cm³/mol. The van der Waals surface area contributed by atoms with Crippen LogP contribution < -0.4 is 5.32 Å². The van der Waals surface area contributed by atoms with E-state index in [1.165, 1.54) is 18.2 Å². The Bertz CT molecular complexity index is 1330. The van der Waals surface area contributed by atoms with Crippen molar-refractivity contribution in [2.75, 3.05) is 5.32 Å². The largest absolute Gasteiger partial charge is 0.418 e. The van der Waals surface area contributed by atoms with Crippen molar-refractivity contribution in [1.82, 2.24) is 4.98 Å². The third-order valence-corrected chi connectivity index (χ3v) is 5.32. The fourth-order valence-electron chi connectivity index (χ4n) is 3.77. The van der Waals surface area contributed by atoms with E-state index in [0.717, 1.165) is 28.3 Å². The molecule has 0 radical (unpaired) electrons. The van der Waals surface area contributed by atoms with Gasteiger partial charge < -0.3 is 5.32 Å². The highest BCUT2D eigenvalue weighted by atomic mass is 19.4. The molecule has 6 heteroatoms. The maximum Gasteiger partial charge on any atom is 0.418 e. The molecule has 0 saturated heterocycles. The van der Waals surface area contributed by atoms with Crippen molar-refractivity contribution in [3.05, 3.63) is 94.5 Å². The van der Waals surface area contributed by atoms with E-state index in [1.807, 2.05) is 57.2 Å². The minimum absolute atomic E-state index is 0.273. The van der Waals surface area contributed by atoms with E-state index in [9.17, 15) is 18.0 Å². The molecule has 0 bridgehead atoms. The molecule has 0 saturated carbocycles. The first-order valence-electron chi connectivity index (χ1n) is 10.1. The monoisotopic (exact) mass is 434 g/mol. The van der Waals surface area contributed by atoms with Crippen molar-refractivity contribution >= 4 is 22.5 Å². The van der Waals surface area contributed by atoms with Crippen LogP contribution in [0.2, 0.25) is 0 Å². The van der Waals surface area contributed by atoms with E-state index >= 15 is 0 Å². The average molecular weight is 434 g/mol. The number of alkyl halides is 3. The minimum atomic E-state index is -4.58. The van der Waals surface area contributed by atoms with Crippen LogP contribution in [0.5, 0.6) is 0 Å². The van der Waals surface area contributed by atoms with Crippen LogP contribution in [0, 0.1) is 20.8 Å². The van der Waals surface area contributed by atoms with Crippen molar-refractivity contribution < 1.29 is 18.0 Å². The molecule has 162 valence electrons. The Kier molecular flexibility index (Phi) is 5.46. The summed E-state index contributed by atoms with van der Waals surface area (Å²) in [6, 6.07) is 18.1. The summed E-state index contributed by atoms with van der Waals surface area (Å²) in [5, 5.41) is 3.06. The molecule has 0 fully saturated rings. The van der Waals surface area contributed by atoms with E-state index in [-0.39, 0.29) is 11.3 Å². The third kappa shape index (κ3) is 4.21. The van der Waals surface area contributed by atoms with Crippen LogP contribution in [0.4, 0.5) is 18.9 Å². The number of carbonyl (C=O) groups excluding carboxylic acids is 1. The molecule has 0 aliphatic rings. The molecule has 1 N–H and O–H groups in total. The van der Waals surface area contributed by atoms with Crippen LogP contribution in [0.3, 0.4) is 0 Å². The van der Waals surface area contributed by atoms with E-state index in [1.54, 1.807) is 6.07 Å². The second-order valence-corrected chi connectivity index (χ2v) is 7.90. The Morgan fingerprint density at radius 1 is 0.875 bits per heavy atom. The maximum atomic E-state index is 13.4. The number of carbonyl (C=O) groups is 1. The molecule has 4 aromatic rings. The van der Waals surface area contributed by atoms with Gasteiger partial charge in [0.2, 0.25) is 0 Å². The Hall–Kier alpha value is -3.67. The van der Waals surface area contributed by atoms with Crippen molar-refractivity contribution in [3.8, 4) is 11.3 Å². The van der Waals surface area contributed by atoms with Crippen LogP contribution >= 0.6 is 0 Å². The summed E-state index contributed by atoms with van der Waals surface area (Å²) in [6.07, 6.45) is -4.58. The molecule has 1 amide bonds. The van der Waals surface area contributed by atoms with Crippen LogP contribution in [-0.2, 0) is 6.18 Å². The van der Waals surface area contributed by atoms with E-state index in [0.29, 0.717) is 16.6 Å². The Balaban J connectivity index is 1.88.